The fourth-order valence-corrected chi connectivity index (χ4v) is 2.15. The Morgan fingerprint density at radius 1 is 1.14 bits per heavy atom. The number of aliphatic hydroxyl groups excluding tert-OH is 1. The summed E-state index contributed by atoms with van der Waals surface area (Å²) in [5.74, 6) is 1.52. The molecule has 1 atom stereocenters. The standard InChI is InChI=1S/C18H23NO2/c1-12-6-9-17(15(10-12)18(3,4)5)21-14-7-8-16(13(2)20)19-11-14/h6-11,13,20H,1-5H3. The molecule has 0 saturated carbocycles. The Morgan fingerprint density at radius 3 is 2.38 bits per heavy atom. The summed E-state index contributed by atoms with van der Waals surface area (Å²) in [5, 5.41) is 9.48. The molecule has 0 aliphatic heterocycles. The minimum absolute atomic E-state index is 0.00827. The van der Waals surface area contributed by atoms with Gasteiger partial charge in [0, 0.05) is 5.56 Å². The summed E-state index contributed by atoms with van der Waals surface area (Å²) in [6.07, 6.45) is 1.08. The van der Waals surface area contributed by atoms with Crippen molar-refractivity contribution < 1.29 is 9.84 Å². The summed E-state index contributed by atoms with van der Waals surface area (Å²) >= 11 is 0. The van der Waals surface area contributed by atoms with Crippen LogP contribution >= 0.6 is 0 Å². The molecule has 0 saturated heterocycles. The van der Waals surface area contributed by atoms with Gasteiger partial charge in [0.05, 0.1) is 18.0 Å². The smallest absolute Gasteiger partial charge is 0.145 e. The van der Waals surface area contributed by atoms with Gasteiger partial charge in [-0.15, -0.1) is 0 Å². The number of pyridine rings is 1. The average molecular weight is 285 g/mol. The van der Waals surface area contributed by atoms with Crippen molar-refractivity contribution in [3.63, 3.8) is 0 Å². The number of aliphatic hydroxyl groups is 1. The van der Waals surface area contributed by atoms with E-state index in [1.165, 1.54) is 11.1 Å². The highest BCUT2D eigenvalue weighted by Crippen LogP contribution is 2.34. The van der Waals surface area contributed by atoms with Gasteiger partial charge >= 0.3 is 0 Å². The van der Waals surface area contributed by atoms with Crippen LogP contribution in [0.2, 0.25) is 0 Å². The van der Waals surface area contributed by atoms with Gasteiger partial charge < -0.3 is 9.84 Å². The topological polar surface area (TPSA) is 42.4 Å². The van der Waals surface area contributed by atoms with Crippen LogP contribution in [0.1, 0.15) is 50.6 Å². The molecule has 1 unspecified atom stereocenters. The Morgan fingerprint density at radius 2 is 1.86 bits per heavy atom. The van der Waals surface area contributed by atoms with Crippen LogP contribution in [0.3, 0.4) is 0 Å². The molecule has 0 radical (unpaired) electrons. The van der Waals surface area contributed by atoms with E-state index in [1.54, 1.807) is 19.2 Å². The van der Waals surface area contributed by atoms with E-state index >= 15 is 0 Å². The van der Waals surface area contributed by atoms with Crippen molar-refractivity contribution in [1.82, 2.24) is 4.98 Å². The molecule has 0 aliphatic rings. The molecular formula is C18H23NO2. The van der Waals surface area contributed by atoms with Crippen LogP contribution < -0.4 is 4.74 Å². The number of aryl methyl sites for hydroxylation is 1. The van der Waals surface area contributed by atoms with E-state index in [0.717, 1.165) is 5.75 Å². The molecule has 21 heavy (non-hydrogen) atoms. The quantitative estimate of drug-likeness (QED) is 0.900. The van der Waals surface area contributed by atoms with E-state index in [-0.39, 0.29) is 5.41 Å². The lowest BCUT2D eigenvalue weighted by Crippen LogP contribution is -2.12. The van der Waals surface area contributed by atoms with Crippen molar-refractivity contribution in [2.75, 3.05) is 0 Å². The van der Waals surface area contributed by atoms with Crippen LogP contribution in [0.15, 0.2) is 36.5 Å². The number of aromatic nitrogens is 1. The molecule has 0 spiro atoms. The first-order valence-electron chi connectivity index (χ1n) is 7.20. The van der Waals surface area contributed by atoms with Gasteiger partial charge in [-0.2, -0.15) is 0 Å². The molecular weight excluding hydrogens is 262 g/mol. The van der Waals surface area contributed by atoms with Crippen molar-refractivity contribution in [3.05, 3.63) is 53.3 Å². The van der Waals surface area contributed by atoms with Crippen molar-refractivity contribution >= 4 is 0 Å². The van der Waals surface area contributed by atoms with E-state index in [2.05, 4.69) is 38.7 Å². The Labute approximate surface area is 126 Å². The lowest BCUT2D eigenvalue weighted by Gasteiger charge is -2.23. The molecule has 0 aliphatic carbocycles. The summed E-state index contributed by atoms with van der Waals surface area (Å²) < 4.78 is 5.98. The lowest BCUT2D eigenvalue weighted by molar-refractivity contribution is 0.194. The molecule has 1 heterocycles. The molecule has 0 fully saturated rings. The lowest BCUT2D eigenvalue weighted by atomic mass is 9.85. The predicted octanol–water partition coefficient (Wildman–Crippen LogP) is 4.53. The molecule has 3 nitrogen and oxygen atoms in total. The minimum atomic E-state index is -0.566. The van der Waals surface area contributed by atoms with E-state index in [1.807, 2.05) is 18.2 Å². The summed E-state index contributed by atoms with van der Waals surface area (Å²) in [5.41, 5.74) is 3.04. The summed E-state index contributed by atoms with van der Waals surface area (Å²) in [4.78, 5) is 4.21. The van der Waals surface area contributed by atoms with E-state index in [0.29, 0.717) is 11.4 Å². The third-order valence-electron chi connectivity index (χ3n) is 3.36. The second-order valence-electron chi connectivity index (χ2n) is 6.45. The molecule has 0 amide bonds. The zero-order valence-electron chi connectivity index (χ0n) is 13.3. The number of benzene rings is 1. The van der Waals surface area contributed by atoms with Crippen molar-refractivity contribution in [2.45, 2.75) is 46.1 Å². The van der Waals surface area contributed by atoms with Crippen LogP contribution in [0.5, 0.6) is 11.5 Å². The van der Waals surface area contributed by atoms with Crippen LogP contribution in [-0.2, 0) is 5.41 Å². The molecule has 1 N–H and O–H groups in total. The van der Waals surface area contributed by atoms with Crippen LogP contribution in [0.25, 0.3) is 0 Å². The maximum atomic E-state index is 9.48. The second-order valence-corrected chi connectivity index (χ2v) is 6.45. The van der Waals surface area contributed by atoms with Crippen LogP contribution in [0, 0.1) is 6.92 Å². The molecule has 3 heteroatoms. The third-order valence-corrected chi connectivity index (χ3v) is 3.36. The van der Waals surface area contributed by atoms with Gasteiger partial charge in [-0.25, -0.2) is 0 Å². The van der Waals surface area contributed by atoms with Gasteiger partial charge in [-0.05, 0) is 37.5 Å². The third kappa shape index (κ3) is 3.82. The highest BCUT2D eigenvalue weighted by atomic mass is 16.5. The van der Waals surface area contributed by atoms with Crippen molar-refractivity contribution in [3.8, 4) is 11.5 Å². The van der Waals surface area contributed by atoms with Crippen molar-refractivity contribution in [2.24, 2.45) is 0 Å². The Balaban J connectivity index is 2.31. The number of rotatable bonds is 3. The average Bonchev–Trinajstić information content (AvgIpc) is 2.40. The molecule has 0 bridgehead atoms. The Hall–Kier alpha value is -1.87. The zero-order valence-corrected chi connectivity index (χ0v) is 13.3. The maximum absolute atomic E-state index is 9.48. The number of ether oxygens (including phenoxy) is 1. The summed E-state index contributed by atoms with van der Waals surface area (Å²) in [7, 11) is 0. The molecule has 2 aromatic rings. The molecule has 1 aromatic carbocycles. The highest BCUT2D eigenvalue weighted by Gasteiger charge is 2.19. The van der Waals surface area contributed by atoms with Gasteiger partial charge in [-0.1, -0.05) is 38.5 Å². The van der Waals surface area contributed by atoms with Gasteiger partial charge in [0.15, 0.2) is 0 Å². The first-order valence-corrected chi connectivity index (χ1v) is 7.20. The van der Waals surface area contributed by atoms with E-state index in [9.17, 15) is 5.11 Å². The van der Waals surface area contributed by atoms with Crippen molar-refractivity contribution in [1.29, 1.82) is 0 Å². The normalized spacial score (nSPS) is 13.0. The summed E-state index contributed by atoms with van der Waals surface area (Å²) in [6.45, 7) is 10.3. The monoisotopic (exact) mass is 285 g/mol. The number of hydrogen-bond acceptors (Lipinski definition) is 3. The van der Waals surface area contributed by atoms with Gasteiger partial charge in [-0.3, -0.25) is 4.98 Å². The molecule has 1 aromatic heterocycles. The zero-order chi connectivity index (χ0) is 15.6. The number of hydrogen-bond donors (Lipinski definition) is 1. The highest BCUT2D eigenvalue weighted by molar-refractivity contribution is 5.43. The fourth-order valence-electron chi connectivity index (χ4n) is 2.15. The summed E-state index contributed by atoms with van der Waals surface area (Å²) in [6, 6.07) is 9.82. The number of nitrogens with zero attached hydrogens (tertiary/aromatic N) is 1. The van der Waals surface area contributed by atoms with Gasteiger partial charge in [0.25, 0.3) is 0 Å². The molecule has 112 valence electrons. The Kier molecular flexibility index (Phi) is 4.33. The Bertz CT molecular complexity index is 610. The largest absolute Gasteiger partial charge is 0.455 e. The fraction of sp³-hybridized carbons (Fsp3) is 0.389. The van der Waals surface area contributed by atoms with E-state index < -0.39 is 6.10 Å². The molecule has 2 rings (SSSR count). The first kappa shape index (κ1) is 15.5. The van der Waals surface area contributed by atoms with Gasteiger partial charge in [0.2, 0.25) is 0 Å². The minimum Gasteiger partial charge on any atom is -0.455 e. The van der Waals surface area contributed by atoms with Gasteiger partial charge in [0.1, 0.15) is 11.5 Å². The van der Waals surface area contributed by atoms with Crippen LogP contribution in [-0.4, -0.2) is 10.1 Å². The maximum Gasteiger partial charge on any atom is 0.145 e. The van der Waals surface area contributed by atoms with E-state index in [4.69, 9.17) is 4.74 Å². The van der Waals surface area contributed by atoms with Crippen LogP contribution in [0.4, 0.5) is 0 Å². The second kappa shape index (κ2) is 5.86. The first-order chi connectivity index (χ1) is 9.77. The SMILES string of the molecule is Cc1ccc(Oc2ccc(C(C)O)nc2)c(C(C)(C)C)c1. The predicted molar refractivity (Wildman–Crippen MR) is 84.8 cm³/mol.